The summed E-state index contributed by atoms with van der Waals surface area (Å²) in [6, 6.07) is 5.32. The number of benzene rings is 1. The van der Waals surface area contributed by atoms with E-state index in [1.807, 2.05) is 11.9 Å². The van der Waals surface area contributed by atoms with Crippen LogP contribution in [0.4, 0.5) is 15.8 Å². The summed E-state index contributed by atoms with van der Waals surface area (Å²) in [5.74, 6) is -0.218. The first kappa shape index (κ1) is 10.3. The Hall–Kier alpha value is -1.25. The molecule has 0 amide bonds. The molecule has 0 aromatic heterocycles. The minimum atomic E-state index is -0.218. The Morgan fingerprint density at radius 3 is 2.60 bits per heavy atom. The van der Waals surface area contributed by atoms with Crippen LogP contribution in [0.1, 0.15) is 25.7 Å². The number of hydrogen-bond acceptors (Lipinski definition) is 2. The molecule has 0 spiro atoms. The highest BCUT2D eigenvalue weighted by Crippen LogP contribution is 2.32. The lowest BCUT2D eigenvalue weighted by Gasteiger charge is -2.28. The van der Waals surface area contributed by atoms with Crippen LogP contribution in [0.2, 0.25) is 0 Å². The molecule has 1 aromatic carbocycles. The zero-order valence-corrected chi connectivity index (χ0v) is 9.04. The van der Waals surface area contributed by atoms with Gasteiger partial charge in [-0.2, -0.15) is 0 Å². The molecule has 0 aliphatic heterocycles. The van der Waals surface area contributed by atoms with Gasteiger partial charge in [-0.15, -0.1) is 0 Å². The fourth-order valence-electron chi connectivity index (χ4n) is 2.38. The van der Waals surface area contributed by atoms with Crippen LogP contribution in [0.5, 0.6) is 0 Å². The first-order chi connectivity index (χ1) is 7.20. The van der Waals surface area contributed by atoms with E-state index in [0.717, 1.165) is 12.8 Å². The molecule has 1 aromatic rings. The number of rotatable bonds is 2. The molecule has 0 unspecified atom stereocenters. The summed E-state index contributed by atoms with van der Waals surface area (Å²) in [6.07, 6.45) is 4.77. The van der Waals surface area contributed by atoms with Crippen LogP contribution in [0.3, 0.4) is 0 Å². The highest BCUT2D eigenvalue weighted by molar-refractivity contribution is 5.68. The Morgan fingerprint density at radius 2 is 2.00 bits per heavy atom. The molecule has 2 nitrogen and oxygen atoms in total. The van der Waals surface area contributed by atoms with Gasteiger partial charge in [0.05, 0.1) is 11.4 Å². The summed E-state index contributed by atoms with van der Waals surface area (Å²) in [7, 11) is 1.94. The monoisotopic (exact) mass is 208 g/mol. The number of hydrogen-bond donors (Lipinski definition) is 1. The van der Waals surface area contributed by atoms with E-state index in [0.29, 0.717) is 17.4 Å². The van der Waals surface area contributed by atoms with E-state index < -0.39 is 0 Å². The summed E-state index contributed by atoms with van der Waals surface area (Å²) in [4.78, 5) is 2.00. The van der Waals surface area contributed by atoms with E-state index in [1.54, 1.807) is 12.1 Å². The van der Waals surface area contributed by atoms with Crippen molar-refractivity contribution >= 4 is 11.4 Å². The molecule has 82 valence electrons. The Morgan fingerprint density at radius 1 is 1.33 bits per heavy atom. The molecular weight excluding hydrogens is 191 g/mol. The molecule has 0 heterocycles. The van der Waals surface area contributed by atoms with Crippen molar-refractivity contribution in [1.82, 2.24) is 0 Å². The molecule has 15 heavy (non-hydrogen) atoms. The molecule has 1 fully saturated rings. The first-order valence-electron chi connectivity index (χ1n) is 5.47. The Bertz CT molecular complexity index is 325. The van der Waals surface area contributed by atoms with Crippen LogP contribution >= 0.6 is 0 Å². The summed E-state index contributed by atoms with van der Waals surface area (Å²) in [5, 5.41) is 0. The number of nitrogen functional groups attached to an aromatic ring is 1. The van der Waals surface area contributed by atoms with Gasteiger partial charge in [-0.3, -0.25) is 0 Å². The molecule has 0 atom stereocenters. The lowest BCUT2D eigenvalue weighted by Crippen LogP contribution is -2.30. The second kappa shape index (κ2) is 4.09. The lowest BCUT2D eigenvalue weighted by atomic mass is 10.1. The normalized spacial score (nSPS) is 16.9. The van der Waals surface area contributed by atoms with E-state index in [9.17, 15) is 4.39 Å². The zero-order valence-electron chi connectivity index (χ0n) is 9.04. The largest absolute Gasteiger partial charge is 0.397 e. The van der Waals surface area contributed by atoms with Crippen molar-refractivity contribution in [2.45, 2.75) is 31.7 Å². The van der Waals surface area contributed by atoms with Gasteiger partial charge in [-0.25, -0.2) is 4.39 Å². The predicted octanol–water partition coefficient (Wildman–Crippen LogP) is 2.79. The number of nitrogens with zero attached hydrogens (tertiary/aromatic N) is 1. The molecule has 2 rings (SSSR count). The number of halogens is 1. The maximum atomic E-state index is 13.6. The molecule has 2 N–H and O–H groups in total. The van der Waals surface area contributed by atoms with Crippen molar-refractivity contribution < 1.29 is 4.39 Å². The van der Waals surface area contributed by atoms with Gasteiger partial charge in [0.15, 0.2) is 0 Å². The minimum Gasteiger partial charge on any atom is -0.397 e. The van der Waals surface area contributed by atoms with Crippen LogP contribution in [0.15, 0.2) is 18.2 Å². The third-order valence-electron chi connectivity index (χ3n) is 3.24. The molecule has 1 aliphatic rings. The van der Waals surface area contributed by atoms with Crippen molar-refractivity contribution in [3.05, 3.63) is 24.0 Å². The van der Waals surface area contributed by atoms with Gasteiger partial charge in [0.25, 0.3) is 0 Å². The predicted molar refractivity (Wildman–Crippen MR) is 61.5 cm³/mol. The highest BCUT2D eigenvalue weighted by Gasteiger charge is 2.22. The molecule has 1 saturated carbocycles. The second-order valence-corrected chi connectivity index (χ2v) is 4.23. The summed E-state index contributed by atoms with van der Waals surface area (Å²) < 4.78 is 13.6. The van der Waals surface area contributed by atoms with E-state index >= 15 is 0 Å². The topological polar surface area (TPSA) is 29.3 Å². The van der Waals surface area contributed by atoms with Gasteiger partial charge in [0.1, 0.15) is 5.82 Å². The highest BCUT2D eigenvalue weighted by atomic mass is 19.1. The fraction of sp³-hybridized carbons (Fsp3) is 0.500. The molecule has 0 radical (unpaired) electrons. The second-order valence-electron chi connectivity index (χ2n) is 4.23. The van der Waals surface area contributed by atoms with Crippen LogP contribution in [0.25, 0.3) is 0 Å². The third-order valence-corrected chi connectivity index (χ3v) is 3.24. The third kappa shape index (κ3) is 1.91. The SMILES string of the molecule is CN(c1c(N)cccc1F)C1CCCC1. The smallest absolute Gasteiger partial charge is 0.148 e. The molecular formula is C12H17FN2. The molecule has 0 saturated heterocycles. The Kier molecular flexibility index (Phi) is 2.80. The summed E-state index contributed by atoms with van der Waals surface area (Å²) >= 11 is 0. The van der Waals surface area contributed by atoms with Crippen molar-refractivity contribution in [1.29, 1.82) is 0 Å². The van der Waals surface area contributed by atoms with Crippen LogP contribution in [0, 0.1) is 5.82 Å². The van der Waals surface area contributed by atoms with E-state index in [-0.39, 0.29) is 5.82 Å². The average Bonchev–Trinajstić information content (AvgIpc) is 2.69. The van der Waals surface area contributed by atoms with Crippen molar-refractivity contribution in [3.8, 4) is 0 Å². The summed E-state index contributed by atoms with van der Waals surface area (Å²) in [5.41, 5.74) is 6.90. The van der Waals surface area contributed by atoms with Crippen LogP contribution in [-0.4, -0.2) is 13.1 Å². The van der Waals surface area contributed by atoms with E-state index in [4.69, 9.17) is 5.73 Å². The van der Waals surface area contributed by atoms with Gasteiger partial charge in [0.2, 0.25) is 0 Å². The van der Waals surface area contributed by atoms with Crippen LogP contribution in [-0.2, 0) is 0 Å². The van der Waals surface area contributed by atoms with Gasteiger partial charge in [-0.1, -0.05) is 18.9 Å². The standard InChI is InChI=1S/C12H17FN2/c1-15(9-5-2-3-6-9)12-10(13)7-4-8-11(12)14/h4,7-9H,2-3,5-6,14H2,1H3. The summed E-state index contributed by atoms with van der Waals surface area (Å²) in [6.45, 7) is 0. The zero-order chi connectivity index (χ0) is 10.8. The lowest BCUT2D eigenvalue weighted by molar-refractivity contribution is 0.596. The van der Waals surface area contributed by atoms with Crippen molar-refractivity contribution in [2.24, 2.45) is 0 Å². The maximum Gasteiger partial charge on any atom is 0.148 e. The Balaban J connectivity index is 2.27. The quantitative estimate of drug-likeness (QED) is 0.757. The van der Waals surface area contributed by atoms with E-state index in [2.05, 4.69) is 0 Å². The van der Waals surface area contributed by atoms with Gasteiger partial charge in [0, 0.05) is 13.1 Å². The number of anilines is 2. The van der Waals surface area contributed by atoms with E-state index in [1.165, 1.54) is 18.9 Å². The number of nitrogens with two attached hydrogens (primary N) is 1. The minimum absolute atomic E-state index is 0.218. The van der Waals surface area contributed by atoms with Gasteiger partial charge < -0.3 is 10.6 Å². The molecule has 1 aliphatic carbocycles. The first-order valence-corrected chi connectivity index (χ1v) is 5.47. The van der Waals surface area contributed by atoms with Gasteiger partial charge >= 0.3 is 0 Å². The van der Waals surface area contributed by atoms with Crippen molar-refractivity contribution in [2.75, 3.05) is 17.7 Å². The molecule has 3 heteroatoms. The number of para-hydroxylation sites is 1. The fourth-order valence-corrected chi connectivity index (χ4v) is 2.38. The van der Waals surface area contributed by atoms with Crippen LogP contribution < -0.4 is 10.6 Å². The van der Waals surface area contributed by atoms with Gasteiger partial charge in [-0.05, 0) is 25.0 Å². The molecule has 0 bridgehead atoms. The Labute approximate surface area is 89.9 Å². The van der Waals surface area contributed by atoms with Crippen molar-refractivity contribution in [3.63, 3.8) is 0 Å². The maximum absolute atomic E-state index is 13.6. The average molecular weight is 208 g/mol.